The van der Waals surface area contributed by atoms with E-state index in [1.54, 1.807) is 14.0 Å². The number of carbonyl (C=O) groups is 1. The number of ether oxygens (including phenoxy) is 3. The molecule has 0 aromatic heterocycles. The van der Waals surface area contributed by atoms with Crippen LogP contribution in [0.15, 0.2) is 0 Å². The summed E-state index contributed by atoms with van der Waals surface area (Å²) in [6.45, 7) is 4.01. The smallest absolute Gasteiger partial charge is 0.158 e. The number of methoxy groups -OCH3 is 1. The van der Waals surface area contributed by atoms with E-state index in [4.69, 9.17) is 14.2 Å². The van der Waals surface area contributed by atoms with Crippen LogP contribution in [-0.4, -0.2) is 55.6 Å². The van der Waals surface area contributed by atoms with Crippen molar-refractivity contribution in [1.29, 1.82) is 0 Å². The zero-order valence-electron chi connectivity index (χ0n) is 10.0. The summed E-state index contributed by atoms with van der Waals surface area (Å²) >= 11 is 0. The molecule has 1 aliphatic rings. The Balaban J connectivity index is 2.49. The molecule has 4 atom stereocenters. The minimum absolute atomic E-state index is 0.0398. The maximum Gasteiger partial charge on any atom is 0.158 e. The number of carbonyl (C=O) groups excluding carboxylic acids is 1. The molecule has 5 nitrogen and oxygen atoms in total. The van der Waals surface area contributed by atoms with Gasteiger partial charge >= 0.3 is 0 Å². The predicted molar refractivity (Wildman–Crippen MR) is 57.3 cm³/mol. The molecule has 0 aliphatic carbocycles. The van der Waals surface area contributed by atoms with Crippen LogP contribution in [-0.2, 0) is 19.0 Å². The molecule has 1 heterocycles. The summed E-state index contributed by atoms with van der Waals surface area (Å²) in [5, 5.41) is 9.95. The van der Waals surface area contributed by atoms with Crippen LogP contribution in [0, 0.1) is 0 Å². The summed E-state index contributed by atoms with van der Waals surface area (Å²) in [4.78, 5) is 11.1. The average molecular weight is 232 g/mol. The molecule has 0 amide bonds. The summed E-state index contributed by atoms with van der Waals surface area (Å²) in [7, 11) is 1.55. The first kappa shape index (κ1) is 13.6. The molecule has 0 unspecified atom stereocenters. The number of aliphatic hydroxyl groups excluding tert-OH is 1. The predicted octanol–water partition coefficient (Wildman–Crippen LogP) is 0.145. The van der Waals surface area contributed by atoms with Crippen molar-refractivity contribution in [2.24, 2.45) is 0 Å². The molecule has 1 saturated heterocycles. The van der Waals surface area contributed by atoms with Gasteiger partial charge < -0.3 is 19.3 Å². The molecule has 0 bridgehead atoms. The SMILES string of the molecule is COC[C@H]1OCC[C@@H](O[C@H](C)C(C)=O)[C@@H]1O. The van der Waals surface area contributed by atoms with E-state index in [0.717, 1.165) is 0 Å². The van der Waals surface area contributed by atoms with E-state index < -0.39 is 12.2 Å². The van der Waals surface area contributed by atoms with Gasteiger partial charge in [0.1, 0.15) is 18.3 Å². The Kier molecular flexibility index (Phi) is 5.34. The highest BCUT2D eigenvalue weighted by molar-refractivity contribution is 5.79. The van der Waals surface area contributed by atoms with E-state index in [1.807, 2.05) is 0 Å². The molecule has 0 aromatic rings. The molecular weight excluding hydrogens is 212 g/mol. The summed E-state index contributed by atoms with van der Waals surface area (Å²) in [6, 6.07) is 0. The van der Waals surface area contributed by atoms with Gasteiger partial charge in [-0.2, -0.15) is 0 Å². The minimum atomic E-state index is -0.740. The molecule has 0 spiro atoms. The quantitative estimate of drug-likeness (QED) is 0.730. The van der Waals surface area contributed by atoms with Gasteiger partial charge in [0, 0.05) is 13.7 Å². The van der Waals surface area contributed by atoms with E-state index in [9.17, 15) is 9.90 Å². The van der Waals surface area contributed by atoms with Crippen molar-refractivity contribution in [1.82, 2.24) is 0 Å². The van der Waals surface area contributed by atoms with Crippen LogP contribution in [0.3, 0.4) is 0 Å². The third kappa shape index (κ3) is 3.52. The number of ketones is 1. The molecule has 0 radical (unpaired) electrons. The first-order chi connectivity index (χ1) is 7.56. The maximum absolute atomic E-state index is 11.1. The van der Waals surface area contributed by atoms with Crippen LogP contribution < -0.4 is 0 Å². The van der Waals surface area contributed by atoms with Crippen molar-refractivity contribution < 1.29 is 24.1 Å². The molecule has 16 heavy (non-hydrogen) atoms. The summed E-state index contributed by atoms with van der Waals surface area (Å²) in [6.07, 6.45) is -1.36. The second-order valence-corrected chi connectivity index (χ2v) is 4.07. The molecule has 5 heteroatoms. The van der Waals surface area contributed by atoms with Crippen LogP contribution in [0.2, 0.25) is 0 Å². The van der Waals surface area contributed by atoms with Crippen LogP contribution in [0.5, 0.6) is 0 Å². The largest absolute Gasteiger partial charge is 0.388 e. The van der Waals surface area contributed by atoms with Gasteiger partial charge in [-0.3, -0.25) is 4.79 Å². The Hall–Kier alpha value is -0.490. The zero-order valence-corrected chi connectivity index (χ0v) is 10.0. The topological polar surface area (TPSA) is 65.0 Å². The van der Waals surface area contributed by atoms with Gasteiger partial charge in [-0.1, -0.05) is 0 Å². The van der Waals surface area contributed by atoms with Crippen molar-refractivity contribution in [3.63, 3.8) is 0 Å². The molecule has 1 N–H and O–H groups in total. The second-order valence-electron chi connectivity index (χ2n) is 4.07. The van der Waals surface area contributed by atoms with Crippen molar-refractivity contribution in [3.8, 4) is 0 Å². The molecule has 0 aromatic carbocycles. The normalized spacial score (nSPS) is 32.4. The maximum atomic E-state index is 11.1. The van der Waals surface area contributed by atoms with Crippen LogP contribution in [0.1, 0.15) is 20.3 Å². The summed E-state index contributed by atoms with van der Waals surface area (Å²) < 4.78 is 15.8. The molecule has 94 valence electrons. The monoisotopic (exact) mass is 232 g/mol. The number of hydrogen-bond acceptors (Lipinski definition) is 5. The highest BCUT2D eigenvalue weighted by Crippen LogP contribution is 2.19. The fourth-order valence-corrected chi connectivity index (χ4v) is 1.66. The van der Waals surface area contributed by atoms with Crippen molar-refractivity contribution in [2.45, 2.75) is 44.7 Å². The van der Waals surface area contributed by atoms with Crippen LogP contribution >= 0.6 is 0 Å². The highest BCUT2D eigenvalue weighted by Gasteiger charge is 2.34. The third-order valence-electron chi connectivity index (χ3n) is 2.78. The van der Waals surface area contributed by atoms with Gasteiger partial charge in [-0.15, -0.1) is 0 Å². The Morgan fingerprint density at radius 1 is 1.62 bits per heavy atom. The van der Waals surface area contributed by atoms with E-state index >= 15 is 0 Å². The Bertz CT molecular complexity index is 228. The number of rotatable bonds is 5. The average Bonchev–Trinajstić information content (AvgIpc) is 2.24. The van der Waals surface area contributed by atoms with Gasteiger partial charge in [-0.25, -0.2) is 0 Å². The van der Waals surface area contributed by atoms with Gasteiger partial charge in [-0.05, 0) is 20.3 Å². The number of aliphatic hydroxyl groups is 1. The fourth-order valence-electron chi connectivity index (χ4n) is 1.66. The second kappa shape index (κ2) is 6.30. The highest BCUT2D eigenvalue weighted by atomic mass is 16.6. The Labute approximate surface area is 95.7 Å². The van der Waals surface area contributed by atoms with E-state index in [1.165, 1.54) is 6.92 Å². The molecular formula is C11H20O5. The zero-order chi connectivity index (χ0) is 12.1. The summed E-state index contributed by atoms with van der Waals surface area (Å²) in [5.41, 5.74) is 0. The van der Waals surface area contributed by atoms with E-state index in [-0.39, 0.29) is 18.0 Å². The lowest BCUT2D eigenvalue weighted by Gasteiger charge is -2.35. The van der Waals surface area contributed by atoms with E-state index in [2.05, 4.69) is 0 Å². The lowest BCUT2D eigenvalue weighted by atomic mass is 10.0. The Morgan fingerprint density at radius 3 is 2.88 bits per heavy atom. The minimum Gasteiger partial charge on any atom is -0.388 e. The van der Waals surface area contributed by atoms with Crippen molar-refractivity contribution in [2.75, 3.05) is 20.3 Å². The Morgan fingerprint density at radius 2 is 2.31 bits per heavy atom. The summed E-state index contributed by atoms with van der Waals surface area (Å²) in [5.74, 6) is -0.0398. The van der Waals surface area contributed by atoms with Gasteiger partial charge in [0.25, 0.3) is 0 Å². The number of Topliss-reactive ketones (excluding diaryl/α,β-unsaturated/α-hetero) is 1. The fraction of sp³-hybridized carbons (Fsp3) is 0.909. The first-order valence-electron chi connectivity index (χ1n) is 5.50. The van der Waals surface area contributed by atoms with Gasteiger partial charge in [0.15, 0.2) is 5.78 Å². The standard InChI is InChI=1S/C11H20O5/c1-7(12)8(2)16-9-4-5-15-10(6-14-3)11(9)13/h8-11,13H,4-6H2,1-3H3/t8-,9-,10-,11+/m1/s1. The lowest BCUT2D eigenvalue weighted by molar-refractivity contribution is -0.181. The lowest BCUT2D eigenvalue weighted by Crippen LogP contribution is -2.49. The van der Waals surface area contributed by atoms with Gasteiger partial charge in [0.2, 0.25) is 0 Å². The first-order valence-corrected chi connectivity index (χ1v) is 5.50. The van der Waals surface area contributed by atoms with Crippen molar-refractivity contribution >= 4 is 5.78 Å². The number of hydrogen-bond donors (Lipinski definition) is 1. The molecule has 1 aliphatic heterocycles. The van der Waals surface area contributed by atoms with Crippen LogP contribution in [0.25, 0.3) is 0 Å². The van der Waals surface area contributed by atoms with E-state index in [0.29, 0.717) is 19.6 Å². The molecule has 0 saturated carbocycles. The molecule has 1 fully saturated rings. The molecule has 1 rings (SSSR count). The van der Waals surface area contributed by atoms with Crippen LogP contribution in [0.4, 0.5) is 0 Å². The van der Waals surface area contributed by atoms with Gasteiger partial charge in [0.05, 0.1) is 12.7 Å². The van der Waals surface area contributed by atoms with Crippen molar-refractivity contribution in [3.05, 3.63) is 0 Å². The third-order valence-corrected chi connectivity index (χ3v) is 2.78.